The first-order chi connectivity index (χ1) is 11.0. The quantitative estimate of drug-likeness (QED) is 0.718. The van der Waals surface area contributed by atoms with Crippen LogP contribution in [0.15, 0.2) is 12.3 Å². The largest absolute Gasteiger partial charge is 0.480 e. The number of alkyl carbamates (subject to hydrolysis) is 1. The van der Waals surface area contributed by atoms with E-state index >= 15 is 0 Å². The zero-order chi connectivity index (χ0) is 18.5. The Morgan fingerprint density at radius 1 is 1.38 bits per heavy atom. The van der Waals surface area contributed by atoms with E-state index in [0.717, 1.165) is 0 Å². The van der Waals surface area contributed by atoms with Crippen LogP contribution in [0.5, 0.6) is 0 Å². The number of aromatic nitrogens is 2. The summed E-state index contributed by atoms with van der Waals surface area (Å²) in [6.45, 7) is 6.60. The molecular weight excluding hydrogens is 316 g/mol. The Bertz CT molecular complexity index is 605. The Balaban J connectivity index is 2.63. The molecule has 9 nitrogen and oxygen atoms in total. The van der Waals surface area contributed by atoms with Crippen molar-refractivity contribution in [2.45, 2.75) is 45.8 Å². The van der Waals surface area contributed by atoms with E-state index in [-0.39, 0.29) is 12.3 Å². The molecule has 1 unspecified atom stereocenters. The van der Waals surface area contributed by atoms with Crippen LogP contribution >= 0.6 is 0 Å². The van der Waals surface area contributed by atoms with Crippen LogP contribution in [-0.2, 0) is 21.4 Å². The molecule has 134 valence electrons. The molecule has 0 aromatic carbocycles. The maximum Gasteiger partial charge on any atom is 0.408 e. The van der Waals surface area contributed by atoms with Crippen LogP contribution in [-0.4, -0.2) is 44.5 Å². The molecule has 24 heavy (non-hydrogen) atoms. The Hall–Kier alpha value is -2.58. The minimum absolute atomic E-state index is 0.0712. The number of amides is 2. The van der Waals surface area contributed by atoms with Crippen LogP contribution in [0.25, 0.3) is 0 Å². The SMILES string of the molecule is CC(C[C@H](NC(=O)OC(C)(C)C)C(=O)O)C(=O)Nc1ccnn1C. The van der Waals surface area contributed by atoms with Gasteiger partial charge in [0.2, 0.25) is 5.91 Å². The average molecular weight is 340 g/mol. The van der Waals surface area contributed by atoms with Gasteiger partial charge in [-0.05, 0) is 27.2 Å². The molecule has 0 aliphatic carbocycles. The average Bonchev–Trinajstić information content (AvgIpc) is 2.81. The van der Waals surface area contributed by atoms with Crippen molar-refractivity contribution in [3.8, 4) is 0 Å². The van der Waals surface area contributed by atoms with Crippen LogP contribution in [0.1, 0.15) is 34.1 Å². The zero-order valence-electron chi connectivity index (χ0n) is 14.5. The summed E-state index contributed by atoms with van der Waals surface area (Å²) >= 11 is 0. The second-order valence-electron chi connectivity index (χ2n) is 6.50. The van der Waals surface area contributed by atoms with Crippen molar-refractivity contribution in [1.29, 1.82) is 0 Å². The fraction of sp³-hybridized carbons (Fsp3) is 0.600. The number of hydrogen-bond acceptors (Lipinski definition) is 5. The fourth-order valence-corrected chi connectivity index (χ4v) is 1.88. The minimum atomic E-state index is -1.24. The monoisotopic (exact) mass is 340 g/mol. The van der Waals surface area contributed by atoms with Gasteiger partial charge < -0.3 is 20.5 Å². The lowest BCUT2D eigenvalue weighted by atomic mass is 10.0. The molecule has 2 atom stereocenters. The Kier molecular flexibility index (Phi) is 6.33. The number of carboxylic acid groups (broad SMARTS) is 1. The van der Waals surface area contributed by atoms with E-state index in [1.165, 1.54) is 10.9 Å². The van der Waals surface area contributed by atoms with Gasteiger partial charge in [0.15, 0.2) is 0 Å². The predicted molar refractivity (Wildman–Crippen MR) is 86.4 cm³/mol. The summed E-state index contributed by atoms with van der Waals surface area (Å²) < 4.78 is 6.52. The van der Waals surface area contributed by atoms with Crippen molar-refractivity contribution < 1.29 is 24.2 Å². The van der Waals surface area contributed by atoms with E-state index in [1.807, 2.05) is 0 Å². The molecule has 1 rings (SSSR count). The van der Waals surface area contributed by atoms with Crippen molar-refractivity contribution in [1.82, 2.24) is 15.1 Å². The van der Waals surface area contributed by atoms with Gasteiger partial charge in [-0.15, -0.1) is 0 Å². The Morgan fingerprint density at radius 2 is 2.00 bits per heavy atom. The van der Waals surface area contributed by atoms with Gasteiger partial charge in [-0.2, -0.15) is 5.10 Å². The number of carboxylic acids is 1. The summed E-state index contributed by atoms with van der Waals surface area (Å²) in [6, 6.07) is 0.394. The van der Waals surface area contributed by atoms with Gasteiger partial charge in [-0.25, -0.2) is 9.59 Å². The molecule has 0 fully saturated rings. The smallest absolute Gasteiger partial charge is 0.408 e. The summed E-state index contributed by atoms with van der Waals surface area (Å²) in [5, 5.41) is 18.1. The highest BCUT2D eigenvalue weighted by atomic mass is 16.6. The topological polar surface area (TPSA) is 123 Å². The maximum atomic E-state index is 12.1. The third-order valence-electron chi connectivity index (χ3n) is 3.10. The van der Waals surface area contributed by atoms with E-state index in [4.69, 9.17) is 4.74 Å². The van der Waals surface area contributed by atoms with Gasteiger partial charge in [0.1, 0.15) is 17.5 Å². The molecule has 9 heteroatoms. The van der Waals surface area contributed by atoms with Gasteiger partial charge in [0, 0.05) is 19.0 Å². The third kappa shape index (κ3) is 6.27. The molecule has 1 aromatic heterocycles. The number of rotatable bonds is 6. The lowest BCUT2D eigenvalue weighted by Gasteiger charge is -2.23. The standard InChI is InChI=1S/C15H24N4O5/c1-9(12(20)18-11-6-7-16-19(11)5)8-10(13(21)22)17-14(23)24-15(2,3)4/h6-7,9-10H,8H2,1-5H3,(H,17,23)(H,18,20)(H,21,22)/t9?,10-/m0/s1. The molecule has 0 aliphatic rings. The van der Waals surface area contributed by atoms with Crippen molar-refractivity contribution in [2.24, 2.45) is 13.0 Å². The molecule has 0 saturated carbocycles. The number of carbonyl (C=O) groups excluding carboxylic acids is 2. The van der Waals surface area contributed by atoms with Crippen molar-refractivity contribution in [3.05, 3.63) is 12.3 Å². The first-order valence-electron chi connectivity index (χ1n) is 7.51. The molecule has 1 heterocycles. The number of nitrogens with one attached hydrogen (secondary N) is 2. The summed E-state index contributed by atoms with van der Waals surface area (Å²) in [5.74, 6) is -1.74. The third-order valence-corrected chi connectivity index (χ3v) is 3.10. The molecule has 3 N–H and O–H groups in total. The van der Waals surface area contributed by atoms with E-state index in [0.29, 0.717) is 5.82 Å². The number of anilines is 1. The highest BCUT2D eigenvalue weighted by molar-refractivity contribution is 5.92. The molecule has 0 saturated heterocycles. The Morgan fingerprint density at radius 3 is 2.46 bits per heavy atom. The van der Waals surface area contributed by atoms with Crippen molar-refractivity contribution in [2.75, 3.05) is 5.32 Å². The number of nitrogens with zero attached hydrogens (tertiary/aromatic N) is 2. The Labute approximate surface area is 140 Å². The highest BCUT2D eigenvalue weighted by Crippen LogP contribution is 2.13. The van der Waals surface area contributed by atoms with E-state index < -0.39 is 29.6 Å². The lowest BCUT2D eigenvalue weighted by Crippen LogP contribution is -2.45. The van der Waals surface area contributed by atoms with E-state index in [1.54, 1.807) is 40.8 Å². The maximum absolute atomic E-state index is 12.1. The van der Waals surface area contributed by atoms with Gasteiger partial charge in [-0.1, -0.05) is 6.92 Å². The van der Waals surface area contributed by atoms with Gasteiger partial charge in [-0.3, -0.25) is 9.48 Å². The molecule has 0 bridgehead atoms. The molecule has 1 aromatic rings. The zero-order valence-corrected chi connectivity index (χ0v) is 14.5. The second-order valence-corrected chi connectivity index (χ2v) is 6.50. The van der Waals surface area contributed by atoms with Crippen LogP contribution in [0.2, 0.25) is 0 Å². The number of aliphatic carboxylic acids is 1. The van der Waals surface area contributed by atoms with Crippen molar-refractivity contribution >= 4 is 23.8 Å². The highest BCUT2D eigenvalue weighted by Gasteiger charge is 2.28. The molecule has 0 spiro atoms. The van der Waals surface area contributed by atoms with Crippen LogP contribution < -0.4 is 10.6 Å². The van der Waals surface area contributed by atoms with Gasteiger partial charge in [0.05, 0.1) is 6.20 Å². The molecule has 0 aliphatic heterocycles. The number of ether oxygens (including phenoxy) is 1. The summed E-state index contributed by atoms with van der Waals surface area (Å²) in [5.41, 5.74) is -0.740. The molecule has 0 radical (unpaired) electrons. The van der Waals surface area contributed by atoms with Crippen LogP contribution in [0.4, 0.5) is 10.6 Å². The lowest BCUT2D eigenvalue weighted by molar-refractivity contribution is -0.140. The van der Waals surface area contributed by atoms with E-state index in [9.17, 15) is 19.5 Å². The minimum Gasteiger partial charge on any atom is -0.480 e. The number of hydrogen-bond donors (Lipinski definition) is 3. The number of carbonyl (C=O) groups is 3. The predicted octanol–water partition coefficient (Wildman–Crippen LogP) is 1.36. The summed E-state index contributed by atoms with van der Waals surface area (Å²) in [7, 11) is 1.67. The normalized spacial score (nSPS) is 13.7. The van der Waals surface area contributed by atoms with Gasteiger partial charge >= 0.3 is 12.1 Å². The summed E-state index contributed by atoms with van der Waals surface area (Å²) in [4.78, 5) is 35.2. The van der Waals surface area contributed by atoms with Gasteiger partial charge in [0.25, 0.3) is 0 Å². The molecule has 2 amide bonds. The molecular formula is C15H24N4O5. The second kappa shape index (κ2) is 7.80. The van der Waals surface area contributed by atoms with Crippen molar-refractivity contribution in [3.63, 3.8) is 0 Å². The van der Waals surface area contributed by atoms with E-state index in [2.05, 4.69) is 15.7 Å². The first kappa shape index (κ1) is 19.5. The van der Waals surface area contributed by atoms with Crippen LogP contribution in [0, 0.1) is 5.92 Å². The van der Waals surface area contributed by atoms with Crippen LogP contribution in [0.3, 0.4) is 0 Å². The number of aryl methyl sites for hydroxylation is 1. The fourth-order valence-electron chi connectivity index (χ4n) is 1.88. The first-order valence-corrected chi connectivity index (χ1v) is 7.51. The summed E-state index contributed by atoms with van der Waals surface area (Å²) in [6.07, 6.45) is 0.622.